The van der Waals surface area contributed by atoms with E-state index in [0.29, 0.717) is 6.42 Å². The molecule has 0 aliphatic rings. The predicted octanol–water partition coefficient (Wildman–Crippen LogP) is -0.320. The van der Waals surface area contributed by atoms with Gasteiger partial charge in [-0.2, -0.15) is 0 Å². The monoisotopic (exact) mass is 364 g/mol. The molecular weight excluding hydrogens is 349 g/mol. The molecule has 0 radical (unpaired) electrons. The summed E-state index contributed by atoms with van der Waals surface area (Å²) in [6, 6.07) is 0. The molecule has 0 amide bonds. The van der Waals surface area contributed by atoms with Gasteiger partial charge in [-0.1, -0.05) is 6.92 Å². The van der Waals surface area contributed by atoms with Crippen molar-refractivity contribution < 1.29 is 47.4 Å². The van der Waals surface area contributed by atoms with E-state index in [2.05, 4.69) is 4.74 Å². The van der Waals surface area contributed by atoms with Crippen molar-refractivity contribution >= 4 is 5.97 Å². The van der Waals surface area contributed by atoms with Crippen LogP contribution in [0.5, 0.6) is 0 Å². The van der Waals surface area contributed by atoms with E-state index in [1.54, 1.807) is 0 Å². The van der Waals surface area contributed by atoms with Crippen molar-refractivity contribution in [2.24, 2.45) is 0 Å². The third-order valence-electron chi connectivity index (χ3n) is 1.10. The molecule has 2 N–H and O–H groups in total. The van der Waals surface area contributed by atoms with Gasteiger partial charge >= 0.3 is 5.97 Å². The van der Waals surface area contributed by atoms with Gasteiger partial charge in [-0.05, 0) is 6.42 Å². The quantitative estimate of drug-likeness (QED) is 0.520. The summed E-state index contributed by atoms with van der Waals surface area (Å²) in [5.74, 6) is -0.333. The molecule has 0 heterocycles. The van der Waals surface area contributed by atoms with E-state index in [9.17, 15) is 4.79 Å². The fourth-order valence-electron chi connectivity index (χ4n) is 0.518. The van der Waals surface area contributed by atoms with Crippen LogP contribution in [0.2, 0.25) is 0 Å². The van der Waals surface area contributed by atoms with Gasteiger partial charge in [-0.15, -0.1) is 0 Å². The third kappa shape index (κ3) is 8.42. The molecule has 1 unspecified atom stereocenters. The van der Waals surface area contributed by atoms with Crippen molar-refractivity contribution in [3.05, 3.63) is 0 Å². The molecular formula is C7H14HgO4. The second kappa shape index (κ2) is 9.41. The summed E-state index contributed by atoms with van der Waals surface area (Å²) < 4.78 is 4.59. The third-order valence-corrected chi connectivity index (χ3v) is 1.10. The number of hydrogen-bond acceptors (Lipinski definition) is 4. The maximum absolute atomic E-state index is 10.6. The minimum absolute atomic E-state index is 0. The number of esters is 1. The summed E-state index contributed by atoms with van der Waals surface area (Å²) >= 11 is 0. The molecule has 0 bridgehead atoms. The second-order valence-corrected chi connectivity index (χ2v) is 2.27. The van der Waals surface area contributed by atoms with Crippen LogP contribution in [0.25, 0.3) is 0 Å². The van der Waals surface area contributed by atoms with Crippen molar-refractivity contribution in [2.45, 2.75) is 25.9 Å². The Hall–Kier alpha value is 0.325. The Labute approximate surface area is 92.4 Å². The van der Waals surface area contributed by atoms with Crippen LogP contribution in [0.15, 0.2) is 0 Å². The molecule has 4 nitrogen and oxygen atoms in total. The van der Waals surface area contributed by atoms with E-state index in [4.69, 9.17) is 10.2 Å². The minimum atomic E-state index is -0.948. The molecule has 0 aliphatic heterocycles. The SMILES string of the molecule is CCCC(=O)OCC(O)CO.[Hg]. The Morgan fingerprint density at radius 3 is 2.58 bits per heavy atom. The smallest absolute Gasteiger partial charge is 0.305 e. The Morgan fingerprint density at radius 2 is 2.17 bits per heavy atom. The average Bonchev–Trinajstić information content (AvgIpc) is 2.01. The number of rotatable bonds is 5. The first kappa shape index (κ1) is 14.8. The summed E-state index contributed by atoms with van der Waals surface area (Å²) in [6.45, 7) is 1.37. The van der Waals surface area contributed by atoms with E-state index < -0.39 is 6.10 Å². The normalized spacial score (nSPS) is 11.6. The summed E-state index contributed by atoms with van der Waals surface area (Å²) in [5.41, 5.74) is 0. The van der Waals surface area contributed by atoms with E-state index in [1.807, 2.05) is 6.92 Å². The van der Waals surface area contributed by atoms with Gasteiger partial charge in [0.1, 0.15) is 12.7 Å². The van der Waals surface area contributed by atoms with E-state index in [1.165, 1.54) is 0 Å². The molecule has 0 saturated heterocycles. The zero-order valence-corrected chi connectivity index (χ0v) is 12.8. The molecule has 0 aromatic heterocycles. The fraction of sp³-hybridized carbons (Fsp3) is 0.857. The Bertz CT molecular complexity index is 118. The molecule has 0 fully saturated rings. The van der Waals surface area contributed by atoms with Crippen LogP contribution in [-0.2, 0) is 37.2 Å². The van der Waals surface area contributed by atoms with Gasteiger partial charge < -0.3 is 14.9 Å². The molecule has 1 atom stereocenters. The molecule has 0 aromatic carbocycles. The predicted molar refractivity (Wildman–Crippen MR) is 39.0 cm³/mol. The van der Waals surface area contributed by atoms with Crippen molar-refractivity contribution in [2.75, 3.05) is 13.2 Å². The van der Waals surface area contributed by atoms with Crippen LogP contribution in [0.3, 0.4) is 0 Å². The van der Waals surface area contributed by atoms with Gasteiger partial charge in [0.25, 0.3) is 0 Å². The Kier molecular flexibility index (Phi) is 11.6. The van der Waals surface area contributed by atoms with Crippen LogP contribution in [0, 0.1) is 0 Å². The number of carbonyl (C=O) groups excluding carboxylic acids is 1. The molecule has 12 heavy (non-hydrogen) atoms. The molecule has 0 spiro atoms. The van der Waals surface area contributed by atoms with E-state index in [-0.39, 0.29) is 46.9 Å². The first-order valence-corrected chi connectivity index (χ1v) is 3.65. The summed E-state index contributed by atoms with van der Waals surface area (Å²) in [6.07, 6.45) is 0.141. The van der Waals surface area contributed by atoms with Gasteiger partial charge in [-0.3, -0.25) is 4.79 Å². The zero-order chi connectivity index (χ0) is 8.69. The number of aliphatic hydroxyl groups is 2. The standard InChI is InChI=1S/C7H14O4.Hg/c1-2-3-7(10)11-5-6(9)4-8;/h6,8-9H,2-5H2,1H3;. The molecule has 0 aromatic rings. The van der Waals surface area contributed by atoms with Crippen molar-refractivity contribution in [1.82, 2.24) is 0 Å². The molecule has 0 aliphatic carbocycles. The van der Waals surface area contributed by atoms with Crippen LogP contribution in [0.4, 0.5) is 0 Å². The molecule has 0 saturated carbocycles. The van der Waals surface area contributed by atoms with Crippen LogP contribution < -0.4 is 0 Å². The maximum Gasteiger partial charge on any atom is 0.305 e. The fourth-order valence-corrected chi connectivity index (χ4v) is 0.518. The minimum Gasteiger partial charge on any atom is -0.463 e. The van der Waals surface area contributed by atoms with Gasteiger partial charge in [0.15, 0.2) is 0 Å². The first-order valence-electron chi connectivity index (χ1n) is 3.65. The number of aliphatic hydroxyl groups excluding tert-OH is 2. The van der Waals surface area contributed by atoms with Crippen molar-refractivity contribution in [3.63, 3.8) is 0 Å². The van der Waals surface area contributed by atoms with Gasteiger partial charge in [0.2, 0.25) is 0 Å². The topological polar surface area (TPSA) is 66.8 Å². The van der Waals surface area contributed by atoms with Crippen LogP contribution in [0.1, 0.15) is 19.8 Å². The summed E-state index contributed by atoms with van der Waals surface area (Å²) in [4.78, 5) is 10.6. The largest absolute Gasteiger partial charge is 0.463 e. The van der Waals surface area contributed by atoms with E-state index >= 15 is 0 Å². The number of carbonyl (C=O) groups is 1. The maximum atomic E-state index is 10.6. The average molecular weight is 363 g/mol. The Morgan fingerprint density at radius 1 is 1.58 bits per heavy atom. The molecule has 0 rings (SSSR count). The van der Waals surface area contributed by atoms with Crippen molar-refractivity contribution in [1.29, 1.82) is 0 Å². The number of ether oxygens (including phenoxy) is 1. The summed E-state index contributed by atoms with van der Waals surface area (Å²) in [7, 11) is 0. The summed E-state index contributed by atoms with van der Waals surface area (Å²) in [5, 5.41) is 17.1. The van der Waals surface area contributed by atoms with Gasteiger partial charge in [0.05, 0.1) is 6.61 Å². The van der Waals surface area contributed by atoms with Crippen LogP contribution in [-0.4, -0.2) is 35.5 Å². The van der Waals surface area contributed by atoms with Crippen molar-refractivity contribution in [3.8, 4) is 0 Å². The Balaban J connectivity index is 0. The second-order valence-electron chi connectivity index (χ2n) is 2.27. The molecule has 68 valence electrons. The van der Waals surface area contributed by atoms with Crippen LogP contribution >= 0.6 is 0 Å². The van der Waals surface area contributed by atoms with Gasteiger partial charge in [0, 0.05) is 34.1 Å². The van der Waals surface area contributed by atoms with Gasteiger partial charge in [-0.25, -0.2) is 0 Å². The zero-order valence-electron chi connectivity index (χ0n) is 7.32. The number of hydrogen-bond donors (Lipinski definition) is 2. The van der Waals surface area contributed by atoms with E-state index in [0.717, 1.165) is 6.42 Å². The molecule has 5 heteroatoms. The first-order chi connectivity index (χ1) is 5.20.